The number of aromatic amines is 1. The zero-order chi connectivity index (χ0) is 21.4. The molecule has 5 rings (SSSR count). The van der Waals surface area contributed by atoms with E-state index in [1.165, 1.54) is 4.90 Å². The Labute approximate surface area is 180 Å². The molecule has 0 aliphatic carbocycles. The SMILES string of the molecule is C[C@@H](C(=O)c1c[nH]c2ccccc12)[NH+]1CCN(C(=O)[C@H]2COc3ccccc3O2)CC1. The molecule has 0 spiro atoms. The molecular weight excluding hydrogens is 394 g/mol. The molecule has 3 heterocycles. The van der Waals surface area contributed by atoms with Crippen molar-refractivity contribution in [2.24, 2.45) is 0 Å². The summed E-state index contributed by atoms with van der Waals surface area (Å²) in [4.78, 5) is 32.3. The molecule has 31 heavy (non-hydrogen) atoms. The first-order chi connectivity index (χ1) is 15.1. The summed E-state index contributed by atoms with van der Waals surface area (Å²) in [7, 11) is 0. The molecule has 160 valence electrons. The maximum Gasteiger partial charge on any atom is 0.267 e. The van der Waals surface area contributed by atoms with Gasteiger partial charge in [0.05, 0.1) is 26.2 Å². The Balaban J connectivity index is 1.20. The Bertz CT molecular complexity index is 1120. The molecule has 7 heteroatoms. The summed E-state index contributed by atoms with van der Waals surface area (Å²) < 4.78 is 11.6. The number of carbonyl (C=O) groups is 2. The number of fused-ring (bicyclic) bond motifs is 2. The highest BCUT2D eigenvalue weighted by molar-refractivity contribution is 6.09. The summed E-state index contributed by atoms with van der Waals surface area (Å²) in [5, 5.41) is 0.960. The Hall–Kier alpha value is -3.32. The summed E-state index contributed by atoms with van der Waals surface area (Å²) in [6.45, 7) is 4.85. The van der Waals surface area contributed by atoms with E-state index in [2.05, 4.69) is 4.98 Å². The zero-order valence-electron chi connectivity index (χ0n) is 17.5. The number of benzene rings is 2. The van der Waals surface area contributed by atoms with Gasteiger partial charge in [0.2, 0.25) is 11.9 Å². The van der Waals surface area contributed by atoms with Crippen molar-refractivity contribution in [2.75, 3.05) is 32.8 Å². The Morgan fingerprint density at radius 2 is 1.77 bits per heavy atom. The van der Waals surface area contributed by atoms with Crippen LogP contribution in [-0.2, 0) is 4.79 Å². The van der Waals surface area contributed by atoms with Crippen molar-refractivity contribution in [3.8, 4) is 11.5 Å². The summed E-state index contributed by atoms with van der Waals surface area (Å²) in [6, 6.07) is 15.1. The van der Waals surface area contributed by atoms with Gasteiger partial charge in [0, 0.05) is 22.7 Å². The highest BCUT2D eigenvalue weighted by atomic mass is 16.6. The fourth-order valence-electron chi connectivity index (χ4n) is 4.49. The van der Waals surface area contributed by atoms with Crippen molar-refractivity contribution in [2.45, 2.75) is 19.1 Å². The van der Waals surface area contributed by atoms with Crippen molar-refractivity contribution in [3.63, 3.8) is 0 Å². The number of rotatable bonds is 4. The summed E-state index contributed by atoms with van der Waals surface area (Å²) in [5.74, 6) is 1.36. The molecule has 3 aromatic rings. The number of quaternary nitrogens is 1. The van der Waals surface area contributed by atoms with E-state index < -0.39 is 6.10 Å². The maximum absolute atomic E-state index is 13.1. The van der Waals surface area contributed by atoms with E-state index in [4.69, 9.17) is 9.47 Å². The number of aromatic nitrogens is 1. The standard InChI is InChI=1S/C24H25N3O4/c1-16(23(28)18-14-25-19-7-3-2-6-17(18)19)26-10-12-27(13-11-26)24(29)22-15-30-20-8-4-5-9-21(20)31-22/h2-9,14,16,22,25H,10-13,15H2,1H3/p+1/t16-,22+/m0/s1. The molecule has 1 fully saturated rings. The van der Waals surface area contributed by atoms with E-state index in [1.807, 2.05) is 60.4 Å². The minimum absolute atomic E-state index is 0.0517. The topological polar surface area (TPSA) is 76.1 Å². The second-order valence-corrected chi connectivity index (χ2v) is 8.18. The highest BCUT2D eigenvalue weighted by Crippen LogP contribution is 2.31. The monoisotopic (exact) mass is 420 g/mol. The van der Waals surface area contributed by atoms with Crippen LogP contribution in [0.4, 0.5) is 0 Å². The van der Waals surface area contributed by atoms with Gasteiger partial charge in [0.15, 0.2) is 11.5 Å². The van der Waals surface area contributed by atoms with E-state index in [1.54, 1.807) is 6.20 Å². The number of nitrogens with one attached hydrogen (secondary N) is 2. The van der Waals surface area contributed by atoms with E-state index in [0.717, 1.165) is 29.6 Å². The largest absolute Gasteiger partial charge is 0.485 e. The summed E-state index contributed by atoms with van der Waals surface area (Å²) in [5.41, 5.74) is 1.71. The van der Waals surface area contributed by atoms with E-state index >= 15 is 0 Å². The van der Waals surface area contributed by atoms with Crippen LogP contribution in [0.2, 0.25) is 0 Å². The molecule has 2 aliphatic rings. The van der Waals surface area contributed by atoms with Crippen LogP contribution in [0.3, 0.4) is 0 Å². The molecule has 2 N–H and O–H groups in total. The number of hydrogen-bond acceptors (Lipinski definition) is 4. The second kappa shape index (κ2) is 8.07. The number of nitrogens with zero attached hydrogens (tertiary/aromatic N) is 1. The van der Waals surface area contributed by atoms with Gasteiger partial charge < -0.3 is 24.3 Å². The fourth-order valence-corrected chi connectivity index (χ4v) is 4.49. The van der Waals surface area contributed by atoms with Crippen molar-refractivity contribution >= 4 is 22.6 Å². The van der Waals surface area contributed by atoms with Gasteiger partial charge in [-0.15, -0.1) is 0 Å². The number of Topliss-reactive ketones (excluding diaryl/α,β-unsaturated/α-hetero) is 1. The fraction of sp³-hybridized carbons (Fsp3) is 0.333. The van der Waals surface area contributed by atoms with Crippen LogP contribution >= 0.6 is 0 Å². The average Bonchev–Trinajstić information content (AvgIpc) is 3.26. The maximum atomic E-state index is 13.1. The van der Waals surface area contributed by atoms with Gasteiger partial charge in [0.1, 0.15) is 12.6 Å². The molecule has 2 aromatic carbocycles. The first-order valence-corrected chi connectivity index (χ1v) is 10.7. The minimum atomic E-state index is -0.623. The number of ether oxygens (including phenoxy) is 2. The van der Waals surface area contributed by atoms with Gasteiger partial charge >= 0.3 is 0 Å². The molecule has 0 bridgehead atoms. The van der Waals surface area contributed by atoms with Crippen LogP contribution in [0.5, 0.6) is 11.5 Å². The van der Waals surface area contributed by atoms with E-state index in [0.29, 0.717) is 24.6 Å². The lowest BCUT2D eigenvalue weighted by Crippen LogP contribution is -3.18. The number of amides is 1. The Morgan fingerprint density at radius 1 is 1.06 bits per heavy atom. The smallest absolute Gasteiger partial charge is 0.267 e. The minimum Gasteiger partial charge on any atom is -0.485 e. The normalized spacial score (nSPS) is 19.9. The number of piperazine rings is 1. The average molecular weight is 420 g/mol. The number of carbonyl (C=O) groups excluding carboxylic acids is 2. The molecule has 1 aromatic heterocycles. The first kappa shape index (κ1) is 19.6. The van der Waals surface area contributed by atoms with Crippen molar-refractivity contribution < 1.29 is 24.0 Å². The van der Waals surface area contributed by atoms with Crippen LogP contribution < -0.4 is 14.4 Å². The van der Waals surface area contributed by atoms with Gasteiger partial charge in [-0.05, 0) is 25.1 Å². The third-order valence-electron chi connectivity index (χ3n) is 6.36. The van der Waals surface area contributed by atoms with Gasteiger partial charge in [-0.25, -0.2) is 0 Å². The lowest BCUT2D eigenvalue weighted by molar-refractivity contribution is -0.917. The van der Waals surface area contributed by atoms with Crippen LogP contribution in [-0.4, -0.2) is 66.5 Å². The first-order valence-electron chi connectivity index (χ1n) is 10.7. The van der Waals surface area contributed by atoms with Gasteiger partial charge in [-0.3, -0.25) is 9.59 Å². The van der Waals surface area contributed by atoms with Crippen LogP contribution in [0.15, 0.2) is 54.7 Å². The quantitative estimate of drug-likeness (QED) is 0.624. The molecular formula is C24H26N3O4+. The highest BCUT2D eigenvalue weighted by Gasteiger charge is 2.36. The van der Waals surface area contributed by atoms with Crippen LogP contribution in [0.25, 0.3) is 10.9 Å². The van der Waals surface area contributed by atoms with Crippen molar-refractivity contribution in [3.05, 3.63) is 60.3 Å². The van der Waals surface area contributed by atoms with Gasteiger partial charge in [-0.1, -0.05) is 30.3 Å². The second-order valence-electron chi connectivity index (χ2n) is 8.18. The predicted molar refractivity (Wildman–Crippen MR) is 116 cm³/mol. The van der Waals surface area contributed by atoms with E-state index in [-0.39, 0.29) is 24.3 Å². The lowest BCUT2D eigenvalue weighted by atomic mass is 10.0. The number of ketones is 1. The third-order valence-corrected chi connectivity index (χ3v) is 6.36. The molecule has 2 aliphatic heterocycles. The van der Waals surface area contributed by atoms with Crippen LogP contribution in [0.1, 0.15) is 17.3 Å². The summed E-state index contributed by atoms with van der Waals surface area (Å²) in [6.07, 6.45) is 1.18. The van der Waals surface area contributed by atoms with Crippen LogP contribution in [0, 0.1) is 0 Å². The van der Waals surface area contributed by atoms with Gasteiger partial charge in [0.25, 0.3) is 5.91 Å². The molecule has 1 saturated heterocycles. The Kier molecular flexibility index (Phi) is 5.11. The van der Waals surface area contributed by atoms with Crippen molar-refractivity contribution in [1.29, 1.82) is 0 Å². The molecule has 0 saturated carbocycles. The van der Waals surface area contributed by atoms with Crippen molar-refractivity contribution in [1.82, 2.24) is 9.88 Å². The molecule has 0 unspecified atom stereocenters. The third kappa shape index (κ3) is 3.65. The molecule has 7 nitrogen and oxygen atoms in total. The molecule has 0 radical (unpaired) electrons. The number of H-pyrrole nitrogens is 1. The van der Waals surface area contributed by atoms with Gasteiger partial charge in [-0.2, -0.15) is 0 Å². The van der Waals surface area contributed by atoms with E-state index in [9.17, 15) is 9.59 Å². The number of hydrogen-bond donors (Lipinski definition) is 2. The summed E-state index contributed by atoms with van der Waals surface area (Å²) >= 11 is 0. The Morgan fingerprint density at radius 3 is 2.58 bits per heavy atom. The number of para-hydroxylation sites is 3. The predicted octanol–water partition coefficient (Wildman–Crippen LogP) is 1.31. The molecule has 2 atom stereocenters. The lowest BCUT2D eigenvalue weighted by Gasteiger charge is -2.37. The zero-order valence-corrected chi connectivity index (χ0v) is 17.5. The molecule has 1 amide bonds.